The van der Waals surface area contributed by atoms with E-state index in [0.29, 0.717) is 25.7 Å². The van der Waals surface area contributed by atoms with Crippen LogP contribution in [-0.2, 0) is 4.74 Å². The average Bonchev–Trinajstić information content (AvgIpc) is 2.35. The smallest absolute Gasteiger partial charge is 0.122 e. The zero-order chi connectivity index (χ0) is 13.5. The lowest BCUT2D eigenvalue weighted by Gasteiger charge is -2.19. The lowest BCUT2D eigenvalue weighted by atomic mass is 10.0. The van der Waals surface area contributed by atoms with Crippen molar-refractivity contribution in [1.82, 2.24) is 0 Å². The second-order valence-electron chi connectivity index (χ2n) is 4.46. The molecule has 3 nitrogen and oxygen atoms in total. The molecule has 0 aliphatic rings. The molecule has 0 heterocycles. The van der Waals surface area contributed by atoms with Gasteiger partial charge in [-0.15, -0.1) is 0 Å². The number of ether oxygens (including phenoxy) is 2. The maximum Gasteiger partial charge on any atom is 0.122 e. The quantitative estimate of drug-likeness (QED) is 0.839. The third kappa shape index (κ3) is 4.59. The Hall–Kier alpha value is -0.580. The fraction of sp³-hybridized carbons (Fsp3) is 0.571. The summed E-state index contributed by atoms with van der Waals surface area (Å²) in [5.41, 5.74) is 6.82. The number of hydrogen-bond donors (Lipinski definition) is 1. The molecule has 1 atom stereocenters. The zero-order valence-electron chi connectivity index (χ0n) is 11.3. The minimum absolute atomic E-state index is 0.0429. The lowest BCUT2D eigenvalue weighted by molar-refractivity contribution is 0.0334. The van der Waals surface area contributed by atoms with Crippen LogP contribution in [0.5, 0.6) is 5.75 Å². The molecule has 2 N–H and O–H groups in total. The van der Waals surface area contributed by atoms with Crippen LogP contribution in [0.4, 0.5) is 0 Å². The number of rotatable bonds is 7. The molecule has 0 radical (unpaired) electrons. The minimum atomic E-state index is -0.0429. The molecule has 0 bridgehead atoms. The molecule has 102 valence electrons. The number of nitrogens with two attached hydrogens (primary N) is 1. The second kappa shape index (κ2) is 7.77. The van der Waals surface area contributed by atoms with Gasteiger partial charge in [0.1, 0.15) is 18.5 Å². The predicted octanol–water partition coefficient (Wildman–Crippen LogP) is 3.32. The Labute approximate surface area is 118 Å². The van der Waals surface area contributed by atoms with Gasteiger partial charge in [-0.25, -0.2) is 0 Å². The van der Waals surface area contributed by atoms with Crippen LogP contribution < -0.4 is 10.5 Å². The number of hydrogen-bond acceptors (Lipinski definition) is 3. The van der Waals surface area contributed by atoms with Crippen molar-refractivity contribution < 1.29 is 9.47 Å². The van der Waals surface area contributed by atoms with Crippen molar-refractivity contribution in [2.45, 2.75) is 32.8 Å². The summed E-state index contributed by atoms with van der Waals surface area (Å²) in [6.07, 6.45) is -0.0429. The van der Waals surface area contributed by atoms with Crippen LogP contribution in [0.25, 0.3) is 0 Å². The van der Waals surface area contributed by atoms with Crippen LogP contribution in [-0.4, -0.2) is 25.9 Å². The lowest BCUT2D eigenvalue weighted by Crippen LogP contribution is -2.30. The Balaban J connectivity index is 2.71. The van der Waals surface area contributed by atoms with E-state index in [1.54, 1.807) is 0 Å². The molecule has 0 aliphatic heterocycles. The average molecular weight is 316 g/mol. The van der Waals surface area contributed by atoms with E-state index in [4.69, 9.17) is 15.2 Å². The van der Waals surface area contributed by atoms with E-state index in [1.807, 2.05) is 19.1 Å². The summed E-state index contributed by atoms with van der Waals surface area (Å²) in [6, 6.07) is 6.07. The third-order valence-corrected chi connectivity index (χ3v) is 3.18. The molecule has 1 aromatic carbocycles. The molecule has 0 fully saturated rings. The third-order valence-electron chi connectivity index (χ3n) is 2.68. The summed E-state index contributed by atoms with van der Waals surface area (Å²) in [7, 11) is 0. The summed E-state index contributed by atoms with van der Waals surface area (Å²) in [6.45, 7) is 7.88. The zero-order valence-corrected chi connectivity index (χ0v) is 12.9. The molecule has 0 aliphatic carbocycles. The second-order valence-corrected chi connectivity index (χ2v) is 5.38. The highest BCUT2D eigenvalue weighted by Crippen LogP contribution is 2.29. The van der Waals surface area contributed by atoms with E-state index in [-0.39, 0.29) is 6.10 Å². The standard InChI is InChI=1S/C14H22BrNO2/c1-4-17-12(8-16)9-18-14-6-5-11(15)7-13(14)10(2)3/h5-7,10,12H,4,8-9,16H2,1-3H3. The molecule has 0 spiro atoms. The summed E-state index contributed by atoms with van der Waals surface area (Å²) in [4.78, 5) is 0. The van der Waals surface area contributed by atoms with Crippen LogP contribution in [0.1, 0.15) is 32.3 Å². The first-order chi connectivity index (χ1) is 8.58. The summed E-state index contributed by atoms with van der Waals surface area (Å²) in [5, 5.41) is 0. The molecule has 4 heteroatoms. The van der Waals surface area contributed by atoms with Crippen LogP contribution in [0.2, 0.25) is 0 Å². The SMILES string of the molecule is CCOC(CN)COc1ccc(Br)cc1C(C)C. The van der Waals surface area contributed by atoms with Gasteiger partial charge in [-0.1, -0.05) is 29.8 Å². The van der Waals surface area contributed by atoms with Gasteiger partial charge in [0, 0.05) is 17.6 Å². The topological polar surface area (TPSA) is 44.5 Å². The van der Waals surface area contributed by atoms with Gasteiger partial charge >= 0.3 is 0 Å². The van der Waals surface area contributed by atoms with E-state index in [1.165, 1.54) is 5.56 Å². The van der Waals surface area contributed by atoms with Gasteiger partial charge in [0.05, 0.1) is 0 Å². The Bertz CT molecular complexity index is 369. The van der Waals surface area contributed by atoms with Crippen molar-refractivity contribution in [3.8, 4) is 5.75 Å². The Morgan fingerprint density at radius 2 is 2.06 bits per heavy atom. The minimum Gasteiger partial charge on any atom is -0.491 e. The van der Waals surface area contributed by atoms with Gasteiger partial charge in [0.2, 0.25) is 0 Å². The highest BCUT2D eigenvalue weighted by Gasteiger charge is 2.11. The molecule has 18 heavy (non-hydrogen) atoms. The fourth-order valence-corrected chi connectivity index (χ4v) is 2.08. The Morgan fingerprint density at radius 1 is 1.33 bits per heavy atom. The van der Waals surface area contributed by atoms with Crippen molar-refractivity contribution in [2.24, 2.45) is 5.73 Å². The van der Waals surface area contributed by atoms with Gasteiger partial charge < -0.3 is 15.2 Å². The van der Waals surface area contributed by atoms with E-state index in [9.17, 15) is 0 Å². The summed E-state index contributed by atoms with van der Waals surface area (Å²) in [5.74, 6) is 1.33. The van der Waals surface area contributed by atoms with Gasteiger partial charge in [-0.05, 0) is 36.6 Å². The first-order valence-corrected chi connectivity index (χ1v) is 7.11. The van der Waals surface area contributed by atoms with E-state index < -0.39 is 0 Å². The van der Waals surface area contributed by atoms with Crippen LogP contribution in [0.15, 0.2) is 22.7 Å². The van der Waals surface area contributed by atoms with Gasteiger partial charge in [0.15, 0.2) is 0 Å². The monoisotopic (exact) mass is 315 g/mol. The van der Waals surface area contributed by atoms with Crippen molar-refractivity contribution in [3.63, 3.8) is 0 Å². The van der Waals surface area contributed by atoms with E-state index in [2.05, 4.69) is 35.8 Å². The van der Waals surface area contributed by atoms with Crippen molar-refractivity contribution in [2.75, 3.05) is 19.8 Å². The maximum absolute atomic E-state index is 5.83. The molecule has 1 unspecified atom stereocenters. The summed E-state index contributed by atoms with van der Waals surface area (Å²) < 4.78 is 12.4. The fourth-order valence-electron chi connectivity index (χ4n) is 1.70. The number of halogens is 1. The Kier molecular flexibility index (Phi) is 6.68. The highest BCUT2D eigenvalue weighted by atomic mass is 79.9. The predicted molar refractivity (Wildman–Crippen MR) is 78.2 cm³/mol. The molecule has 0 amide bonds. The molecular formula is C14H22BrNO2. The first-order valence-electron chi connectivity index (χ1n) is 6.32. The summed E-state index contributed by atoms with van der Waals surface area (Å²) >= 11 is 3.48. The van der Waals surface area contributed by atoms with Crippen molar-refractivity contribution >= 4 is 15.9 Å². The molecule has 0 aromatic heterocycles. The highest BCUT2D eigenvalue weighted by molar-refractivity contribution is 9.10. The normalized spacial score (nSPS) is 12.8. The molecule has 1 rings (SSSR count). The largest absolute Gasteiger partial charge is 0.491 e. The van der Waals surface area contributed by atoms with Crippen LogP contribution >= 0.6 is 15.9 Å². The van der Waals surface area contributed by atoms with Gasteiger partial charge in [0.25, 0.3) is 0 Å². The van der Waals surface area contributed by atoms with Crippen LogP contribution in [0, 0.1) is 0 Å². The Morgan fingerprint density at radius 3 is 2.61 bits per heavy atom. The first kappa shape index (κ1) is 15.5. The van der Waals surface area contributed by atoms with E-state index in [0.717, 1.165) is 10.2 Å². The van der Waals surface area contributed by atoms with Crippen molar-refractivity contribution in [1.29, 1.82) is 0 Å². The van der Waals surface area contributed by atoms with Gasteiger partial charge in [-0.2, -0.15) is 0 Å². The van der Waals surface area contributed by atoms with Crippen molar-refractivity contribution in [3.05, 3.63) is 28.2 Å². The van der Waals surface area contributed by atoms with Crippen LogP contribution in [0.3, 0.4) is 0 Å². The van der Waals surface area contributed by atoms with Gasteiger partial charge in [-0.3, -0.25) is 0 Å². The maximum atomic E-state index is 5.83. The number of benzene rings is 1. The molecule has 0 saturated carbocycles. The molecule has 1 aromatic rings. The van der Waals surface area contributed by atoms with E-state index >= 15 is 0 Å². The molecule has 0 saturated heterocycles. The molecular weight excluding hydrogens is 294 g/mol.